The van der Waals surface area contributed by atoms with Crippen LogP contribution in [0.1, 0.15) is 48.5 Å². The number of aromatic nitrogens is 1. The van der Waals surface area contributed by atoms with E-state index in [9.17, 15) is 9.59 Å². The van der Waals surface area contributed by atoms with Gasteiger partial charge in [-0.3, -0.25) is 14.6 Å². The maximum Gasteiger partial charge on any atom is 0.253 e. The number of Topliss-reactive ketones (excluding diaryl/α,β-unsaturated/α-hetero) is 1. The van der Waals surface area contributed by atoms with Crippen LogP contribution in [0, 0.1) is 5.92 Å². The summed E-state index contributed by atoms with van der Waals surface area (Å²) < 4.78 is 16.5. The molecule has 0 saturated carbocycles. The smallest absolute Gasteiger partial charge is 0.253 e. The molecule has 0 bridgehead atoms. The van der Waals surface area contributed by atoms with Crippen LogP contribution in [0.15, 0.2) is 46.0 Å². The Kier molecular flexibility index (Phi) is 7.29. The minimum Gasteiger partial charge on any atom is -0.463 e. The Hall–Kier alpha value is -2.62. The summed E-state index contributed by atoms with van der Waals surface area (Å²) in [6.45, 7) is 5.40. The van der Waals surface area contributed by atoms with Crippen LogP contribution in [-0.2, 0) is 20.9 Å². The van der Waals surface area contributed by atoms with Crippen molar-refractivity contribution in [3.8, 4) is 0 Å². The average Bonchev–Trinajstić information content (AvgIpc) is 3.48. The first kappa shape index (κ1) is 22.6. The van der Waals surface area contributed by atoms with Gasteiger partial charge in [0, 0.05) is 30.9 Å². The number of hydrogen-bond acceptors (Lipinski definition) is 8. The molecule has 1 saturated heterocycles. The van der Waals surface area contributed by atoms with Crippen molar-refractivity contribution in [2.45, 2.75) is 44.9 Å². The number of thioether (sulfide) groups is 1. The lowest BCUT2D eigenvalue weighted by Gasteiger charge is -2.21. The minimum atomic E-state index is -0.495. The van der Waals surface area contributed by atoms with Gasteiger partial charge in [0.05, 0.1) is 35.3 Å². The molecule has 0 aromatic carbocycles. The summed E-state index contributed by atoms with van der Waals surface area (Å²) in [5, 5.41) is 6.19. The summed E-state index contributed by atoms with van der Waals surface area (Å²) in [4.78, 5) is 31.0. The van der Waals surface area contributed by atoms with Crippen molar-refractivity contribution < 1.29 is 23.5 Å². The Bertz CT molecular complexity index is 983. The van der Waals surface area contributed by atoms with Crippen LogP contribution in [0.25, 0.3) is 5.70 Å². The van der Waals surface area contributed by atoms with E-state index in [1.165, 1.54) is 11.8 Å². The number of pyridine rings is 1. The van der Waals surface area contributed by atoms with Gasteiger partial charge in [0.15, 0.2) is 17.0 Å². The molecule has 170 valence electrons. The van der Waals surface area contributed by atoms with Crippen molar-refractivity contribution in [2.24, 2.45) is 5.92 Å². The monoisotopic (exact) mass is 457 g/mol. The van der Waals surface area contributed by atoms with Gasteiger partial charge < -0.3 is 24.5 Å². The lowest BCUT2D eigenvalue weighted by atomic mass is 9.94. The zero-order chi connectivity index (χ0) is 22.5. The van der Waals surface area contributed by atoms with E-state index < -0.39 is 5.50 Å². The molecule has 1 atom stereocenters. The van der Waals surface area contributed by atoms with Crippen LogP contribution >= 0.6 is 11.8 Å². The van der Waals surface area contributed by atoms with Crippen molar-refractivity contribution in [3.05, 3.63) is 58.6 Å². The molecule has 2 N–H and O–H groups in total. The van der Waals surface area contributed by atoms with Crippen molar-refractivity contribution in [2.75, 3.05) is 13.2 Å². The molecule has 9 heteroatoms. The van der Waals surface area contributed by atoms with E-state index in [1.807, 2.05) is 13.8 Å². The van der Waals surface area contributed by atoms with Crippen LogP contribution in [0.4, 0.5) is 0 Å². The number of rotatable bonds is 8. The van der Waals surface area contributed by atoms with E-state index in [-0.39, 0.29) is 23.7 Å². The molecule has 8 nitrogen and oxygen atoms in total. The molecule has 0 radical (unpaired) electrons. The summed E-state index contributed by atoms with van der Waals surface area (Å²) in [6, 6.07) is 6.94. The summed E-state index contributed by atoms with van der Waals surface area (Å²) in [6.07, 6.45) is 4.63. The van der Waals surface area contributed by atoms with Crippen molar-refractivity contribution in [1.82, 2.24) is 15.6 Å². The van der Waals surface area contributed by atoms with E-state index in [0.29, 0.717) is 60.3 Å². The molecule has 4 heterocycles. The fourth-order valence-corrected chi connectivity index (χ4v) is 4.69. The second-order valence-electron chi connectivity index (χ2n) is 7.94. The van der Waals surface area contributed by atoms with Crippen LogP contribution in [0.3, 0.4) is 0 Å². The first-order valence-electron chi connectivity index (χ1n) is 10.7. The first-order chi connectivity index (χ1) is 15.5. The maximum absolute atomic E-state index is 13.2. The van der Waals surface area contributed by atoms with Gasteiger partial charge >= 0.3 is 0 Å². The topological polar surface area (TPSA) is 103 Å². The Morgan fingerprint density at radius 2 is 2.12 bits per heavy atom. The maximum atomic E-state index is 13.2. The number of ether oxygens (including phenoxy) is 2. The third kappa shape index (κ3) is 5.40. The highest BCUT2D eigenvalue weighted by Gasteiger charge is 2.35. The lowest BCUT2D eigenvalue weighted by Crippen LogP contribution is -2.39. The number of hydrogen-bond donors (Lipinski definition) is 2. The van der Waals surface area contributed by atoms with E-state index >= 15 is 0 Å². The summed E-state index contributed by atoms with van der Waals surface area (Å²) in [5.74, 6) is 0.283. The fraction of sp³-hybridized carbons (Fsp3) is 0.435. The minimum absolute atomic E-state index is 0.0611. The molecular formula is C23H27N3O5S. The van der Waals surface area contributed by atoms with Crippen molar-refractivity contribution in [1.29, 1.82) is 0 Å². The van der Waals surface area contributed by atoms with Gasteiger partial charge in [0.2, 0.25) is 0 Å². The van der Waals surface area contributed by atoms with Gasteiger partial charge in [-0.15, -0.1) is 0 Å². The van der Waals surface area contributed by atoms with Gasteiger partial charge in [-0.25, -0.2) is 0 Å². The number of ketones is 1. The molecule has 4 rings (SSSR count). The Morgan fingerprint density at radius 1 is 1.31 bits per heavy atom. The summed E-state index contributed by atoms with van der Waals surface area (Å²) >= 11 is 1.31. The Balaban J connectivity index is 1.46. The van der Waals surface area contributed by atoms with E-state index in [0.717, 1.165) is 0 Å². The highest BCUT2D eigenvalue weighted by molar-refractivity contribution is 8.05. The van der Waals surface area contributed by atoms with Gasteiger partial charge in [-0.1, -0.05) is 11.8 Å². The molecule has 1 unspecified atom stereocenters. The molecule has 2 aliphatic rings. The van der Waals surface area contributed by atoms with Crippen molar-refractivity contribution >= 4 is 29.1 Å². The first-order valence-corrected chi connectivity index (χ1v) is 11.6. The Morgan fingerprint density at radius 3 is 2.84 bits per heavy atom. The van der Waals surface area contributed by atoms with Crippen LogP contribution in [0.5, 0.6) is 0 Å². The van der Waals surface area contributed by atoms with E-state index in [2.05, 4.69) is 15.6 Å². The number of nitrogens with zero attached hydrogens (tertiary/aromatic N) is 1. The summed E-state index contributed by atoms with van der Waals surface area (Å²) in [7, 11) is 0. The molecule has 0 spiro atoms. The normalized spacial score (nSPS) is 19.3. The second kappa shape index (κ2) is 10.3. The van der Waals surface area contributed by atoms with Crippen molar-refractivity contribution in [3.63, 3.8) is 0 Å². The number of amides is 1. The molecule has 2 aromatic heterocycles. The fourth-order valence-electron chi connectivity index (χ4n) is 3.55. The van der Waals surface area contributed by atoms with Crippen LogP contribution in [-0.4, -0.2) is 41.5 Å². The van der Waals surface area contributed by atoms with Gasteiger partial charge in [-0.2, -0.15) is 0 Å². The molecule has 0 aliphatic carbocycles. The van der Waals surface area contributed by atoms with E-state index in [1.54, 1.807) is 36.7 Å². The standard InChI is InChI=1S/C23H27N3O5S/c1-14(2)31-13-17-12-16(5-8-24-17)22(28)26-23-25-19(18-4-3-9-30-18)21(32-23)20(27)15-6-10-29-11-7-15/h3-5,8-9,12,14-15,23,25H,6-7,10-11,13H2,1-2H3,(H,26,28). The second-order valence-corrected chi connectivity index (χ2v) is 9.06. The van der Waals surface area contributed by atoms with Gasteiger partial charge in [0.25, 0.3) is 5.91 Å². The lowest BCUT2D eigenvalue weighted by molar-refractivity contribution is -0.121. The highest BCUT2D eigenvalue weighted by Crippen LogP contribution is 2.38. The molecule has 32 heavy (non-hydrogen) atoms. The van der Waals surface area contributed by atoms with E-state index in [4.69, 9.17) is 13.9 Å². The molecule has 1 amide bonds. The molecule has 2 aromatic rings. The third-order valence-corrected chi connectivity index (χ3v) is 6.34. The molecule has 2 aliphatic heterocycles. The average molecular weight is 458 g/mol. The van der Waals surface area contributed by atoms with Crippen LogP contribution < -0.4 is 10.6 Å². The largest absolute Gasteiger partial charge is 0.463 e. The zero-order valence-electron chi connectivity index (χ0n) is 18.1. The predicted molar refractivity (Wildman–Crippen MR) is 120 cm³/mol. The Labute approximate surface area is 191 Å². The molecule has 1 fully saturated rings. The zero-order valence-corrected chi connectivity index (χ0v) is 18.9. The number of carbonyl (C=O) groups excluding carboxylic acids is 2. The van der Waals surface area contributed by atoms with Crippen LogP contribution in [0.2, 0.25) is 0 Å². The highest BCUT2D eigenvalue weighted by atomic mass is 32.2. The number of allylic oxidation sites excluding steroid dienone is 1. The number of furan rings is 1. The summed E-state index contributed by atoms with van der Waals surface area (Å²) in [5.41, 5.74) is 1.28. The SMILES string of the molecule is CC(C)OCc1cc(C(=O)NC2NC(c3ccco3)=C(C(=O)C3CCOCC3)S2)ccn1. The number of nitrogens with one attached hydrogen (secondary N) is 2. The molecular weight excluding hydrogens is 430 g/mol. The van der Waals surface area contributed by atoms with Gasteiger partial charge in [-0.05, 0) is 51.0 Å². The van der Waals surface area contributed by atoms with Gasteiger partial charge in [0.1, 0.15) is 0 Å². The third-order valence-electron chi connectivity index (χ3n) is 5.23. The predicted octanol–water partition coefficient (Wildman–Crippen LogP) is 3.31. The quantitative estimate of drug-likeness (QED) is 0.622. The number of carbonyl (C=O) groups is 2.